The second-order valence-corrected chi connectivity index (χ2v) is 10.7. The van der Waals surface area contributed by atoms with E-state index in [1.165, 1.54) is 0 Å². The molecule has 3 saturated heterocycles. The molecule has 0 saturated carbocycles. The van der Waals surface area contributed by atoms with Crippen molar-refractivity contribution in [1.82, 2.24) is 9.80 Å². The Morgan fingerprint density at radius 1 is 1.18 bits per heavy atom. The van der Waals surface area contributed by atoms with E-state index in [0.29, 0.717) is 56.0 Å². The number of aliphatic hydroxyl groups excluding tert-OH is 1. The summed E-state index contributed by atoms with van der Waals surface area (Å²) in [5.74, 6) is -1.95. The number of amides is 3. The lowest BCUT2D eigenvalue weighted by molar-refractivity contribution is -0.145. The molecule has 4 rings (SSSR count). The molecule has 1 spiro atoms. The summed E-state index contributed by atoms with van der Waals surface area (Å²) in [5.41, 5.74) is -0.432. The number of unbranched alkanes of at least 4 members (excludes halogenated alkanes) is 1. The summed E-state index contributed by atoms with van der Waals surface area (Å²) in [4.78, 5) is 47.2. The van der Waals surface area contributed by atoms with Gasteiger partial charge in [0, 0.05) is 43.5 Å². The van der Waals surface area contributed by atoms with E-state index in [0.717, 1.165) is 6.42 Å². The van der Waals surface area contributed by atoms with E-state index in [4.69, 9.17) is 16.3 Å². The van der Waals surface area contributed by atoms with Gasteiger partial charge in [0.05, 0.1) is 17.9 Å². The Morgan fingerprint density at radius 3 is 2.53 bits per heavy atom. The van der Waals surface area contributed by atoms with Crippen LogP contribution in [-0.2, 0) is 19.1 Å². The lowest BCUT2D eigenvalue weighted by Gasteiger charge is -2.37. The molecule has 0 radical (unpaired) electrons. The number of rotatable bonds is 13. The molecule has 3 amide bonds. The van der Waals surface area contributed by atoms with Crippen molar-refractivity contribution in [2.24, 2.45) is 11.8 Å². The van der Waals surface area contributed by atoms with Crippen molar-refractivity contribution in [3.63, 3.8) is 0 Å². The number of benzene rings is 1. The molecular formula is C29H38ClN3O5. The smallest absolute Gasteiger partial charge is 0.253 e. The van der Waals surface area contributed by atoms with E-state index in [2.05, 4.69) is 13.2 Å². The fourth-order valence-electron chi connectivity index (χ4n) is 6.50. The van der Waals surface area contributed by atoms with Gasteiger partial charge in [0.25, 0.3) is 5.91 Å². The molecule has 3 heterocycles. The van der Waals surface area contributed by atoms with Crippen LogP contribution in [0.1, 0.15) is 39.0 Å². The largest absolute Gasteiger partial charge is 0.396 e. The highest BCUT2D eigenvalue weighted by atomic mass is 35.5. The zero-order chi connectivity index (χ0) is 27.4. The number of carbonyl (C=O) groups is 3. The van der Waals surface area contributed by atoms with Gasteiger partial charge >= 0.3 is 0 Å². The van der Waals surface area contributed by atoms with Gasteiger partial charge in [0.2, 0.25) is 11.8 Å². The highest BCUT2D eigenvalue weighted by Gasteiger charge is 2.74. The van der Waals surface area contributed by atoms with Crippen molar-refractivity contribution >= 4 is 35.0 Å². The van der Waals surface area contributed by atoms with Crippen molar-refractivity contribution < 1.29 is 24.2 Å². The molecule has 1 aromatic rings. The number of hydrogen-bond donors (Lipinski definition) is 1. The van der Waals surface area contributed by atoms with Crippen LogP contribution in [0.4, 0.5) is 5.69 Å². The quantitative estimate of drug-likeness (QED) is 0.304. The third-order valence-corrected chi connectivity index (χ3v) is 8.25. The fourth-order valence-corrected chi connectivity index (χ4v) is 6.62. The number of anilines is 1. The summed E-state index contributed by atoms with van der Waals surface area (Å²) < 4.78 is 6.57. The molecule has 3 fully saturated rings. The van der Waals surface area contributed by atoms with Gasteiger partial charge in [0.15, 0.2) is 0 Å². The molecule has 0 aliphatic carbocycles. The first-order valence-corrected chi connectivity index (χ1v) is 13.9. The highest BCUT2D eigenvalue weighted by Crippen LogP contribution is 2.59. The third kappa shape index (κ3) is 4.90. The van der Waals surface area contributed by atoms with Gasteiger partial charge < -0.3 is 24.5 Å². The zero-order valence-electron chi connectivity index (χ0n) is 22.1. The van der Waals surface area contributed by atoms with E-state index < -0.39 is 29.6 Å². The van der Waals surface area contributed by atoms with Crippen LogP contribution in [0.2, 0.25) is 5.02 Å². The molecule has 2 unspecified atom stereocenters. The van der Waals surface area contributed by atoms with E-state index >= 15 is 0 Å². The number of halogens is 1. The number of likely N-dealkylation sites (tertiary alicyclic amines) is 1. The number of ether oxygens (including phenoxy) is 1. The van der Waals surface area contributed by atoms with Crippen LogP contribution in [0, 0.1) is 11.8 Å². The summed E-state index contributed by atoms with van der Waals surface area (Å²) >= 11 is 6.09. The minimum absolute atomic E-state index is 0.00417. The molecule has 3 aliphatic heterocycles. The second kappa shape index (κ2) is 12.0. The maximum absolute atomic E-state index is 14.4. The van der Waals surface area contributed by atoms with Gasteiger partial charge in [-0.25, -0.2) is 0 Å². The number of hydrogen-bond acceptors (Lipinski definition) is 5. The lowest BCUT2D eigenvalue weighted by atomic mass is 9.70. The summed E-state index contributed by atoms with van der Waals surface area (Å²) in [6.07, 6.45) is 5.91. The Hall–Kier alpha value is -2.68. The predicted molar refractivity (Wildman–Crippen MR) is 147 cm³/mol. The molecule has 206 valence electrons. The molecule has 1 aromatic carbocycles. The van der Waals surface area contributed by atoms with Crippen molar-refractivity contribution in [1.29, 1.82) is 0 Å². The maximum atomic E-state index is 14.4. The van der Waals surface area contributed by atoms with Crippen LogP contribution in [-0.4, -0.2) is 83.2 Å². The summed E-state index contributed by atoms with van der Waals surface area (Å²) in [7, 11) is 0. The summed E-state index contributed by atoms with van der Waals surface area (Å²) in [6.45, 7) is 11.1. The third-order valence-electron chi connectivity index (χ3n) is 8.00. The standard InChI is InChI=1S/C29H38ClN3O5/c1-4-15-31(16-5-2)26(35)23-22-13-14-29(38-22)24(23)27(36)33(18-7-8-19-34)25(29)28(37)32(17-6-3)21-11-9-20(30)10-12-21/h4,6,9-12,22-25,34H,1,3,5,7-8,13-19H2,2H3/t22-,23+,24-,25?,29?/m0/s1. The zero-order valence-corrected chi connectivity index (χ0v) is 22.8. The second-order valence-electron chi connectivity index (χ2n) is 10.3. The number of aliphatic hydroxyl groups is 1. The fraction of sp³-hybridized carbons (Fsp3) is 0.552. The Balaban J connectivity index is 1.74. The lowest BCUT2D eigenvalue weighted by Crippen LogP contribution is -2.56. The molecule has 3 aliphatic rings. The van der Waals surface area contributed by atoms with Crippen molar-refractivity contribution in [3.8, 4) is 0 Å². The molecule has 38 heavy (non-hydrogen) atoms. The van der Waals surface area contributed by atoms with E-state index in [1.54, 1.807) is 51.1 Å². The first kappa shape index (κ1) is 28.3. The van der Waals surface area contributed by atoms with Crippen molar-refractivity contribution in [2.75, 3.05) is 37.7 Å². The molecule has 1 N–H and O–H groups in total. The van der Waals surface area contributed by atoms with Gasteiger partial charge in [-0.15, -0.1) is 13.2 Å². The van der Waals surface area contributed by atoms with Gasteiger partial charge in [-0.2, -0.15) is 0 Å². The summed E-state index contributed by atoms with van der Waals surface area (Å²) in [5, 5.41) is 9.92. The number of carbonyl (C=O) groups excluding carboxylic acids is 3. The van der Waals surface area contributed by atoms with E-state index in [-0.39, 0.29) is 30.9 Å². The van der Waals surface area contributed by atoms with Crippen molar-refractivity contribution in [3.05, 3.63) is 54.6 Å². The van der Waals surface area contributed by atoms with Crippen LogP contribution in [0.15, 0.2) is 49.6 Å². The van der Waals surface area contributed by atoms with Crippen LogP contribution in [0.25, 0.3) is 0 Å². The molecule has 8 nitrogen and oxygen atoms in total. The topological polar surface area (TPSA) is 90.4 Å². The van der Waals surface area contributed by atoms with Crippen molar-refractivity contribution in [2.45, 2.75) is 56.8 Å². The highest BCUT2D eigenvalue weighted by molar-refractivity contribution is 6.30. The van der Waals surface area contributed by atoms with Crippen LogP contribution in [0.3, 0.4) is 0 Å². The minimum Gasteiger partial charge on any atom is -0.396 e. The number of nitrogens with zero attached hydrogens (tertiary/aromatic N) is 3. The Labute approximate surface area is 229 Å². The first-order chi connectivity index (χ1) is 18.3. The Kier molecular flexibility index (Phi) is 8.96. The molecule has 0 aromatic heterocycles. The van der Waals surface area contributed by atoms with E-state index in [1.807, 2.05) is 6.92 Å². The number of fused-ring (bicyclic) bond motifs is 1. The van der Waals surface area contributed by atoms with Gasteiger partial charge in [-0.1, -0.05) is 30.7 Å². The molecular weight excluding hydrogens is 506 g/mol. The molecule has 5 atom stereocenters. The Bertz CT molecular complexity index is 1060. The van der Waals surface area contributed by atoms with Crippen LogP contribution >= 0.6 is 11.6 Å². The van der Waals surface area contributed by atoms with E-state index in [9.17, 15) is 19.5 Å². The van der Waals surface area contributed by atoms with Gasteiger partial charge in [0.1, 0.15) is 11.6 Å². The normalized spacial score (nSPS) is 27.3. The summed E-state index contributed by atoms with van der Waals surface area (Å²) in [6, 6.07) is 6.09. The van der Waals surface area contributed by atoms with Gasteiger partial charge in [-0.3, -0.25) is 14.4 Å². The van der Waals surface area contributed by atoms with Crippen LogP contribution < -0.4 is 4.90 Å². The molecule has 9 heteroatoms. The van der Waals surface area contributed by atoms with Gasteiger partial charge in [-0.05, 0) is 56.4 Å². The Morgan fingerprint density at radius 2 is 1.89 bits per heavy atom. The molecule has 2 bridgehead atoms. The van der Waals surface area contributed by atoms with Crippen LogP contribution in [0.5, 0.6) is 0 Å². The maximum Gasteiger partial charge on any atom is 0.253 e. The first-order valence-electron chi connectivity index (χ1n) is 13.5. The average Bonchev–Trinajstić information content (AvgIpc) is 3.55. The SMILES string of the molecule is C=CCN(CCC)C(=O)[C@@H]1[C@@H]2CCC3(O2)C(C(=O)N(CC=C)c2ccc(Cl)cc2)N(CCCCO)C(=O)[C@H]13. The minimum atomic E-state index is -1.07. The monoisotopic (exact) mass is 543 g/mol. The average molecular weight is 544 g/mol. The predicted octanol–water partition coefficient (Wildman–Crippen LogP) is 3.43.